The van der Waals surface area contributed by atoms with E-state index in [1.165, 1.54) is 0 Å². The molecule has 0 aliphatic rings. The first-order chi connectivity index (χ1) is 15.7. The minimum absolute atomic E-state index is 0.00281. The molecule has 164 valence electrons. The van der Waals surface area contributed by atoms with Gasteiger partial charge < -0.3 is 14.2 Å². The molecule has 0 spiro atoms. The van der Waals surface area contributed by atoms with Gasteiger partial charge in [0.25, 0.3) is 0 Å². The Bertz CT molecular complexity index is 1190. The van der Waals surface area contributed by atoms with Gasteiger partial charge in [-0.2, -0.15) is 4.98 Å². The number of benzene rings is 2. The molecule has 2 heterocycles. The van der Waals surface area contributed by atoms with E-state index in [9.17, 15) is 4.79 Å². The molecular weight excluding hydrogens is 404 g/mol. The topological polar surface area (TPSA) is 81.4 Å². The largest absolute Gasteiger partial charge is 0.493 e. The Morgan fingerprint density at radius 2 is 1.91 bits per heavy atom. The van der Waals surface area contributed by atoms with Crippen molar-refractivity contribution >= 4 is 16.7 Å². The third-order valence-electron chi connectivity index (χ3n) is 5.24. The zero-order chi connectivity index (χ0) is 22.3. The quantitative estimate of drug-likeness (QED) is 0.384. The summed E-state index contributed by atoms with van der Waals surface area (Å²) in [6.45, 7) is 3.18. The predicted octanol–water partition coefficient (Wildman–Crippen LogP) is 4.66. The van der Waals surface area contributed by atoms with Crippen LogP contribution in [0.25, 0.3) is 22.2 Å². The number of rotatable bonds is 9. The van der Waals surface area contributed by atoms with E-state index in [4.69, 9.17) is 9.26 Å². The molecule has 2 aromatic heterocycles. The number of carbonyl (C=O) groups is 1. The normalized spacial score (nSPS) is 10.9. The third kappa shape index (κ3) is 4.94. The molecule has 7 nitrogen and oxygen atoms in total. The molecule has 1 amide bonds. The van der Waals surface area contributed by atoms with E-state index in [-0.39, 0.29) is 12.3 Å². The van der Waals surface area contributed by atoms with E-state index < -0.39 is 0 Å². The summed E-state index contributed by atoms with van der Waals surface area (Å²) in [7, 11) is 1.81. The number of aromatic nitrogens is 3. The third-order valence-corrected chi connectivity index (χ3v) is 5.24. The van der Waals surface area contributed by atoms with Crippen LogP contribution in [0.2, 0.25) is 0 Å². The van der Waals surface area contributed by atoms with Crippen molar-refractivity contribution in [2.45, 2.75) is 32.7 Å². The highest BCUT2D eigenvalue weighted by atomic mass is 16.5. The average Bonchev–Trinajstić information content (AvgIpc) is 3.31. The Morgan fingerprint density at radius 3 is 2.72 bits per heavy atom. The molecule has 0 aliphatic carbocycles. The minimum atomic E-state index is 0.00281. The van der Waals surface area contributed by atoms with Crippen molar-refractivity contribution in [3.63, 3.8) is 0 Å². The van der Waals surface area contributed by atoms with Gasteiger partial charge in [-0.05, 0) is 35.4 Å². The van der Waals surface area contributed by atoms with Gasteiger partial charge in [0, 0.05) is 50.0 Å². The van der Waals surface area contributed by atoms with Crippen LogP contribution in [0.4, 0.5) is 0 Å². The van der Waals surface area contributed by atoms with Crippen molar-refractivity contribution < 1.29 is 14.1 Å². The Morgan fingerprint density at radius 1 is 1.09 bits per heavy atom. The molecule has 0 N–H and O–H groups in total. The maximum Gasteiger partial charge on any atom is 0.227 e. The first kappa shape index (κ1) is 21.5. The molecule has 0 fully saturated rings. The number of hydrogen-bond donors (Lipinski definition) is 0. The lowest BCUT2D eigenvalue weighted by atomic mass is 10.0. The molecule has 7 heteroatoms. The highest BCUT2D eigenvalue weighted by Crippen LogP contribution is 2.29. The van der Waals surface area contributed by atoms with E-state index in [2.05, 4.69) is 40.2 Å². The summed E-state index contributed by atoms with van der Waals surface area (Å²) in [6, 6.07) is 15.8. The van der Waals surface area contributed by atoms with Crippen LogP contribution < -0.4 is 4.74 Å². The van der Waals surface area contributed by atoms with Gasteiger partial charge in [-0.1, -0.05) is 42.4 Å². The van der Waals surface area contributed by atoms with Crippen LogP contribution in [0.5, 0.6) is 5.75 Å². The van der Waals surface area contributed by atoms with Crippen LogP contribution in [0.3, 0.4) is 0 Å². The van der Waals surface area contributed by atoms with Crippen LogP contribution in [0.15, 0.2) is 65.4 Å². The van der Waals surface area contributed by atoms with E-state index in [1.54, 1.807) is 17.3 Å². The number of nitrogens with zero attached hydrogens (tertiary/aromatic N) is 4. The van der Waals surface area contributed by atoms with E-state index in [1.807, 2.05) is 37.4 Å². The number of fused-ring (bicyclic) bond motifs is 1. The zero-order valence-electron chi connectivity index (χ0n) is 18.3. The van der Waals surface area contributed by atoms with Gasteiger partial charge in [0.2, 0.25) is 17.6 Å². The number of carbonyl (C=O) groups excluding carboxylic acids is 1. The molecule has 0 atom stereocenters. The van der Waals surface area contributed by atoms with Gasteiger partial charge in [-0.25, -0.2) is 0 Å². The molecule has 4 aromatic rings. The molecule has 0 aliphatic heterocycles. The number of ether oxygens (including phenoxy) is 1. The Kier molecular flexibility index (Phi) is 6.75. The predicted molar refractivity (Wildman–Crippen MR) is 122 cm³/mol. The molecule has 0 bridgehead atoms. The average molecular weight is 431 g/mol. The van der Waals surface area contributed by atoms with E-state index in [0.717, 1.165) is 34.1 Å². The fourth-order valence-corrected chi connectivity index (χ4v) is 3.53. The SMILES string of the molecule is CCCOc1ccc2ccccc2c1CN(C)C(=O)CCc1nc(-c2ccncc2)no1. The fourth-order valence-electron chi connectivity index (χ4n) is 3.53. The number of amides is 1. The Labute approximate surface area is 187 Å². The van der Waals surface area contributed by atoms with Crippen molar-refractivity contribution in [2.75, 3.05) is 13.7 Å². The van der Waals surface area contributed by atoms with Crippen molar-refractivity contribution in [2.24, 2.45) is 0 Å². The summed E-state index contributed by atoms with van der Waals surface area (Å²) >= 11 is 0. The van der Waals surface area contributed by atoms with Gasteiger partial charge in [0.05, 0.1) is 6.61 Å². The highest BCUT2D eigenvalue weighted by Gasteiger charge is 2.17. The first-order valence-electron chi connectivity index (χ1n) is 10.8. The molecule has 32 heavy (non-hydrogen) atoms. The second-order valence-corrected chi connectivity index (χ2v) is 7.61. The van der Waals surface area contributed by atoms with Gasteiger partial charge in [0.1, 0.15) is 5.75 Å². The van der Waals surface area contributed by atoms with Crippen LogP contribution in [-0.4, -0.2) is 39.6 Å². The molecule has 0 saturated heterocycles. The van der Waals surface area contributed by atoms with E-state index >= 15 is 0 Å². The van der Waals surface area contributed by atoms with Crippen LogP contribution in [0, 0.1) is 0 Å². The van der Waals surface area contributed by atoms with E-state index in [0.29, 0.717) is 31.3 Å². The van der Waals surface area contributed by atoms with Gasteiger partial charge in [0.15, 0.2) is 0 Å². The smallest absolute Gasteiger partial charge is 0.227 e. The van der Waals surface area contributed by atoms with Crippen LogP contribution in [-0.2, 0) is 17.8 Å². The van der Waals surface area contributed by atoms with Crippen molar-refractivity contribution in [1.82, 2.24) is 20.0 Å². The molecule has 0 saturated carbocycles. The molecule has 0 radical (unpaired) electrons. The Hall–Kier alpha value is -3.74. The monoisotopic (exact) mass is 430 g/mol. The summed E-state index contributed by atoms with van der Waals surface area (Å²) in [5.41, 5.74) is 1.85. The maximum atomic E-state index is 12.8. The summed E-state index contributed by atoms with van der Waals surface area (Å²) in [4.78, 5) is 22.9. The highest BCUT2D eigenvalue weighted by molar-refractivity contribution is 5.88. The molecule has 2 aromatic carbocycles. The van der Waals surface area contributed by atoms with Gasteiger partial charge in [-0.3, -0.25) is 9.78 Å². The maximum absolute atomic E-state index is 12.8. The summed E-state index contributed by atoms with van der Waals surface area (Å²) < 4.78 is 11.3. The van der Waals surface area contributed by atoms with Gasteiger partial charge in [-0.15, -0.1) is 0 Å². The van der Waals surface area contributed by atoms with Crippen LogP contribution >= 0.6 is 0 Å². The zero-order valence-corrected chi connectivity index (χ0v) is 18.3. The molecule has 4 rings (SSSR count). The fraction of sp³-hybridized carbons (Fsp3) is 0.280. The lowest BCUT2D eigenvalue weighted by Crippen LogP contribution is -2.26. The van der Waals surface area contributed by atoms with Crippen LogP contribution in [0.1, 0.15) is 31.2 Å². The summed E-state index contributed by atoms with van der Waals surface area (Å²) in [6.07, 6.45) is 4.94. The minimum Gasteiger partial charge on any atom is -0.493 e. The first-order valence-corrected chi connectivity index (χ1v) is 10.8. The molecular formula is C25H26N4O3. The number of pyridine rings is 1. The van der Waals surface area contributed by atoms with Crippen molar-refractivity contribution in [3.05, 3.63) is 72.4 Å². The van der Waals surface area contributed by atoms with Crippen molar-refractivity contribution in [3.8, 4) is 17.1 Å². The molecule has 0 unspecified atom stereocenters. The second kappa shape index (κ2) is 10.0. The van der Waals surface area contributed by atoms with Crippen molar-refractivity contribution in [1.29, 1.82) is 0 Å². The number of hydrogen-bond acceptors (Lipinski definition) is 6. The Balaban J connectivity index is 1.44. The standard InChI is InChI=1S/C25H26N4O3/c1-3-16-31-22-9-8-18-6-4-5-7-20(18)21(22)17-29(2)24(30)11-10-23-27-25(28-32-23)19-12-14-26-15-13-19/h4-9,12-15H,3,10-11,16-17H2,1-2H3. The number of aryl methyl sites for hydroxylation is 1. The lowest BCUT2D eigenvalue weighted by molar-refractivity contribution is -0.130. The lowest BCUT2D eigenvalue weighted by Gasteiger charge is -2.21. The summed E-state index contributed by atoms with van der Waals surface area (Å²) in [5.74, 6) is 1.76. The van der Waals surface area contributed by atoms with Gasteiger partial charge >= 0.3 is 0 Å². The second-order valence-electron chi connectivity index (χ2n) is 7.61. The summed E-state index contributed by atoms with van der Waals surface area (Å²) in [5, 5.41) is 6.22.